The van der Waals surface area contributed by atoms with Crippen molar-refractivity contribution in [2.24, 2.45) is 0 Å². The topological polar surface area (TPSA) is 102 Å². The number of nitrogens with zero attached hydrogens (tertiary/aromatic N) is 3. The summed E-state index contributed by atoms with van der Waals surface area (Å²) in [6, 6.07) is 12.1. The number of sulfone groups is 1. The van der Waals surface area contributed by atoms with Crippen LogP contribution >= 0.6 is 24.0 Å². The standard InChI is InChI=1S/C27H25N3O6S3/c1-17-5-8-19(9-6-17)39(32,33)24-26(29-11-3-2-4-12-29)36-23(28-24)14-22-25(31)30(27(37)38-22)15-18-7-10-20-21(13-18)35-16-34-20/h5-10,13-14H,2-4,11-12,15-16H2,1H3. The predicted octanol–water partition coefficient (Wildman–Crippen LogP) is 4.94. The van der Waals surface area contributed by atoms with E-state index >= 15 is 0 Å². The van der Waals surface area contributed by atoms with E-state index in [9.17, 15) is 13.2 Å². The fraction of sp³-hybridized carbons (Fsp3) is 0.296. The van der Waals surface area contributed by atoms with Gasteiger partial charge < -0.3 is 18.8 Å². The van der Waals surface area contributed by atoms with Crippen LogP contribution in [0.1, 0.15) is 36.3 Å². The number of oxazole rings is 1. The lowest BCUT2D eigenvalue weighted by molar-refractivity contribution is -0.122. The molecule has 3 aliphatic heterocycles. The van der Waals surface area contributed by atoms with Crippen LogP contribution in [0.25, 0.3) is 6.08 Å². The summed E-state index contributed by atoms with van der Waals surface area (Å²) < 4.78 is 44.5. The first-order chi connectivity index (χ1) is 18.8. The van der Waals surface area contributed by atoms with Crippen LogP contribution in [-0.2, 0) is 21.2 Å². The van der Waals surface area contributed by atoms with Crippen molar-refractivity contribution >= 4 is 56.0 Å². The molecule has 12 heteroatoms. The van der Waals surface area contributed by atoms with Gasteiger partial charge in [-0.25, -0.2) is 8.42 Å². The Hall–Kier alpha value is -3.35. The molecular weight excluding hydrogens is 559 g/mol. The van der Waals surface area contributed by atoms with Crippen LogP contribution in [-0.4, -0.2) is 48.4 Å². The van der Waals surface area contributed by atoms with Gasteiger partial charge in [0.25, 0.3) is 5.91 Å². The van der Waals surface area contributed by atoms with E-state index < -0.39 is 9.84 Å². The number of aromatic nitrogens is 1. The van der Waals surface area contributed by atoms with Gasteiger partial charge in [-0.05, 0) is 56.0 Å². The molecule has 9 nitrogen and oxygen atoms in total. The Kier molecular flexibility index (Phi) is 6.86. The smallest absolute Gasteiger partial charge is 0.266 e. The van der Waals surface area contributed by atoms with Gasteiger partial charge in [-0.3, -0.25) is 9.69 Å². The maximum Gasteiger partial charge on any atom is 0.266 e. The molecule has 0 saturated carbocycles. The summed E-state index contributed by atoms with van der Waals surface area (Å²) >= 11 is 6.62. The molecule has 0 unspecified atom stereocenters. The number of piperidine rings is 1. The first kappa shape index (κ1) is 25.9. The number of benzene rings is 2. The number of thioether (sulfide) groups is 1. The van der Waals surface area contributed by atoms with Crippen molar-refractivity contribution in [2.75, 3.05) is 24.8 Å². The molecule has 2 aromatic carbocycles. The van der Waals surface area contributed by atoms with Crippen LogP contribution in [0.5, 0.6) is 11.5 Å². The number of anilines is 1. The summed E-state index contributed by atoms with van der Waals surface area (Å²) in [4.78, 5) is 21.6. The Bertz CT molecular complexity index is 1590. The van der Waals surface area contributed by atoms with Crippen molar-refractivity contribution < 1.29 is 27.1 Å². The first-order valence-corrected chi connectivity index (χ1v) is 15.2. The van der Waals surface area contributed by atoms with Gasteiger partial charge in [0, 0.05) is 19.2 Å². The lowest BCUT2D eigenvalue weighted by Gasteiger charge is -2.26. The van der Waals surface area contributed by atoms with Gasteiger partial charge in [-0.2, -0.15) is 4.98 Å². The number of hydrogen-bond donors (Lipinski definition) is 0. The van der Waals surface area contributed by atoms with Crippen molar-refractivity contribution in [3.8, 4) is 11.5 Å². The fourth-order valence-corrected chi connectivity index (χ4v) is 7.19. The Morgan fingerprint density at radius 3 is 2.56 bits per heavy atom. The lowest BCUT2D eigenvalue weighted by atomic mass is 10.1. The van der Waals surface area contributed by atoms with Crippen LogP contribution in [0.15, 0.2) is 61.7 Å². The van der Waals surface area contributed by atoms with Crippen LogP contribution < -0.4 is 14.4 Å². The van der Waals surface area contributed by atoms with Crippen molar-refractivity contribution in [1.82, 2.24) is 9.88 Å². The van der Waals surface area contributed by atoms with Crippen molar-refractivity contribution in [2.45, 2.75) is 42.7 Å². The number of thiocarbonyl (C=S) groups is 1. The number of aryl methyl sites for hydroxylation is 1. The highest BCUT2D eigenvalue weighted by molar-refractivity contribution is 8.26. The molecule has 2 saturated heterocycles. The Morgan fingerprint density at radius 2 is 1.79 bits per heavy atom. The highest BCUT2D eigenvalue weighted by atomic mass is 32.2. The minimum Gasteiger partial charge on any atom is -0.454 e. The third-order valence-electron chi connectivity index (χ3n) is 6.73. The van der Waals surface area contributed by atoms with Crippen LogP contribution in [0.2, 0.25) is 0 Å². The van der Waals surface area contributed by atoms with E-state index in [0.29, 0.717) is 33.8 Å². The molecule has 4 heterocycles. The molecule has 1 aromatic heterocycles. The Balaban J connectivity index is 1.31. The number of amides is 1. The average molecular weight is 584 g/mol. The largest absolute Gasteiger partial charge is 0.454 e. The molecule has 0 aliphatic carbocycles. The molecule has 0 bridgehead atoms. The molecule has 0 radical (unpaired) electrons. The monoisotopic (exact) mass is 583 g/mol. The summed E-state index contributed by atoms with van der Waals surface area (Å²) in [6.45, 7) is 3.66. The van der Waals surface area contributed by atoms with Crippen LogP contribution in [0, 0.1) is 6.92 Å². The Labute approximate surface area is 235 Å². The van der Waals surface area contributed by atoms with Crippen LogP contribution in [0.4, 0.5) is 5.88 Å². The van der Waals surface area contributed by atoms with Crippen molar-refractivity contribution in [3.63, 3.8) is 0 Å². The molecule has 202 valence electrons. The van der Waals surface area contributed by atoms with E-state index in [1.54, 1.807) is 30.3 Å². The highest BCUT2D eigenvalue weighted by Gasteiger charge is 2.35. The SMILES string of the molecule is Cc1ccc(S(=O)(=O)c2nc(C=C3SC(=S)N(Cc4ccc5c(c4)OCO5)C3=O)oc2N2CCCCC2)cc1. The number of ether oxygens (including phenoxy) is 2. The van der Waals surface area contributed by atoms with Gasteiger partial charge in [0.15, 0.2) is 11.5 Å². The number of rotatable bonds is 6. The third-order valence-corrected chi connectivity index (χ3v) is 9.78. The maximum atomic E-state index is 13.6. The number of carbonyl (C=O) groups is 1. The quantitative estimate of drug-likeness (QED) is 0.293. The third kappa shape index (κ3) is 5.04. The molecule has 0 spiro atoms. The maximum absolute atomic E-state index is 13.6. The van der Waals surface area contributed by atoms with E-state index in [4.69, 9.17) is 26.1 Å². The minimum atomic E-state index is -3.96. The van der Waals surface area contributed by atoms with E-state index in [2.05, 4.69) is 4.98 Å². The summed E-state index contributed by atoms with van der Waals surface area (Å²) in [5.41, 5.74) is 1.79. The van der Waals surface area contributed by atoms with Gasteiger partial charge in [-0.1, -0.05) is 47.7 Å². The summed E-state index contributed by atoms with van der Waals surface area (Å²) in [7, 11) is -3.96. The van der Waals surface area contributed by atoms with Crippen molar-refractivity contribution in [1.29, 1.82) is 0 Å². The van der Waals surface area contributed by atoms with Crippen molar-refractivity contribution in [3.05, 3.63) is 64.4 Å². The lowest BCUT2D eigenvalue weighted by Crippen LogP contribution is -2.30. The summed E-state index contributed by atoms with van der Waals surface area (Å²) in [6.07, 6.45) is 4.40. The second kappa shape index (κ2) is 10.3. The number of carbonyl (C=O) groups excluding carboxylic acids is 1. The van der Waals surface area contributed by atoms with Gasteiger partial charge in [0.2, 0.25) is 33.4 Å². The Morgan fingerprint density at radius 1 is 1.05 bits per heavy atom. The van der Waals surface area contributed by atoms with E-state index in [-0.39, 0.29) is 40.9 Å². The summed E-state index contributed by atoms with van der Waals surface area (Å²) in [5.74, 6) is 1.24. The van der Waals surface area contributed by atoms with E-state index in [1.165, 1.54) is 11.0 Å². The second-order valence-electron chi connectivity index (χ2n) is 9.48. The highest BCUT2D eigenvalue weighted by Crippen LogP contribution is 2.38. The predicted molar refractivity (Wildman–Crippen MR) is 150 cm³/mol. The minimum absolute atomic E-state index is 0.0461. The molecule has 3 aromatic rings. The van der Waals surface area contributed by atoms with Gasteiger partial charge in [-0.15, -0.1) is 0 Å². The second-order valence-corrected chi connectivity index (χ2v) is 13.0. The van der Waals surface area contributed by atoms with Gasteiger partial charge in [0.05, 0.1) is 16.3 Å². The van der Waals surface area contributed by atoms with Crippen LogP contribution in [0.3, 0.4) is 0 Å². The zero-order chi connectivity index (χ0) is 27.1. The fourth-order valence-electron chi connectivity index (χ4n) is 4.65. The molecule has 0 atom stereocenters. The number of hydrogen-bond acceptors (Lipinski definition) is 10. The van der Waals surface area contributed by atoms with E-state index in [1.807, 2.05) is 24.0 Å². The average Bonchev–Trinajstić information content (AvgIpc) is 3.64. The first-order valence-electron chi connectivity index (χ1n) is 12.5. The molecule has 3 aliphatic rings. The molecule has 2 fully saturated rings. The van der Waals surface area contributed by atoms with E-state index in [0.717, 1.165) is 42.2 Å². The molecule has 6 rings (SSSR count). The molecule has 1 amide bonds. The number of fused-ring (bicyclic) bond motifs is 1. The zero-order valence-corrected chi connectivity index (χ0v) is 23.5. The van der Waals surface area contributed by atoms with Gasteiger partial charge >= 0.3 is 0 Å². The molecule has 0 N–H and O–H groups in total. The molecule has 39 heavy (non-hydrogen) atoms. The molecular formula is C27H25N3O6S3. The summed E-state index contributed by atoms with van der Waals surface area (Å²) in [5, 5.41) is -0.143. The normalized spacial score (nSPS) is 18.4. The zero-order valence-electron chi connectivity index (χ0n) is 21.1. The van der Waals surface area contributed by atoms with Gasteiger partial charge in [0.1, 0.15) is 4.32 Å².